The summed E-state index contributed by atoms with van der Waals surface area (Å²) < 4.78 is 0. The molecule has 322 valence electrons. The number of rotatable bonds is 9. The molecular formula is C65H57N. The van der Waals surface area contributed by atoms with Crippen molar-refractivity contribution in [1.29, 1.82) is 0 Å². The largest absolute Gasteiger partial charge is 0.398 e. The monoisotopic (exact) mass is 851 g/mol. The number of fused-ring (bicyclic) bond motifs is 11. The van der Waals surface area contributed by atoms with Crippen LogP contribution < -0.4 is 5.73 Å². The summed E-state index contributed by atoms with van der Waals surface area (Å²) in [6, 6.07) is 66.3. The fourth-order valence-corrected chi connectivity index (χ4v) is 10.2. The number of nitrogens with two attached hydrogens (primary N) is 1. The van der Waals surface area contributed by atoms with Gasteiger partial charge in [-0.25, -0.2) is 0 Å². The van der Waals surface area contributed by atoms with E-state index < -0.39 is 0 Å². The molecule has 0 amide bonds. The smallest absolute Gasteiger partial charge is 0.0722 e. The van der Waals surface area contributed by atoms with Crippen LogP contribution in [0, 0.1) is 0 Å². The lowest BCUT2D eigenvalue weighted by molar-refractivity contribution is 0.794. The molecule has 0 saturated carbocycles. The Hall–Kier alpha value is -7.74. The fraction of sp³-hybridized carbons (Fsp3) is 0.108. The van der Waals surface area contributed by atoms with Gasteiger partial charge in [-0.2, -0.15) is 0 Å². The van der Waals surface area contributed by atoms with Crippen LogP contribution in [0.1, 0.15) is 71.7 Å². The highest BCUT2D eigenvalue weighted by Crippen LogP contribution is 2.65. The van der Waals surface area contributed by atoms with Crippen LogP contribution in [0.3, 0.4) is 0 Å². The van der Waals surface area contributed by atoms with Gasteiger partial charge >= 0.3 is 0 Å². The molecule has 0 heterocycles. The second-order valence-electron chi connectivity index (χ2n) is 16.8. The molecule has 0 bridgehead atoms. The predicted molar refractivity (Wildman–Crippen MR) is 285 cm³/mol. The Balaban J connectivity index is 0.000000172. The lowest BCUT2D eigenvalue weighted by Gasteiger charge is -2.30. The van der Waals surface area contributed by atoms with Gasteiger partial charge in [0.25, 0.3) is 0 Å². The Morgan fingerprint density at radius 3 is 2.03 bits per heavy atom. The normalized spacial score (nSPS) is 13.8. The molecule has 0 saturated heterocycles. The number of hydrogen-bond acceptors (Lipinski definition) is 1. The maximum atomic E-state index is 6.39. The van der Waals surface area contributed by atoms with Crippen molar-refractivity contribution < 1.29 is 0 Å². The third kappa shape index (κ3) is 8.03. The van der Waals surface area contributed by atoms with E-state index in [1.807, 2.05) is 32.1 Å². The lowest BCUT2D eigenvalue weighted by Crippen LogP contribution is -2.25. The summed E-state index contributed by atoms with van der Waals surface area (Å²) in [5.74, 6) is 0. The second kappa shape index (κ2) is 19.6. The van der Waals surface area contributed by atoms with E-state index in [0.29, 0.717) is 0 Å². The Bertz CT molecular complexity index is 3170. The molecule has 0 aromatic heterocycles. The van der Waals surface area contributed by atoms with Crippen LogP contribution in [0.4, 0.5) is 0 Å². The van der Waals surface area contributed by atoms with E-state index in [9.17, 15) is 0 Å². The number of aryl methyl sites for hydroxylation is 1. The third-order valence-corrected chi connectivity index (χ3v) is 13.1. The van der Waals surface area contributed by atoms with Crippen molar-refractivity contribution in [3.63, 3.8) is 0 Å². The molecule has 1 nitrogen and oxygen atoms in total. The summed E-state index contributed by atoms with van der Waals surface area (Å²) in [5.41, 5.74) is 28.2. The molecule has 1 heteroatoms. The van der Waals surface area contributed by atoms with Crippen molar-refractivity contribution in [2.24, 2.45) is 5.73 Å². The zero-order valence-electron chi connectivity index (χ0n) is 38.3. The molecule has 2 N–H and O–H groups in total. The van der Waals surface area contributed by atoms with Gasteiger partial charge in [0.15, 0.2) is 0 Å². The van der Waals surface area contributed by atoms with E-state index in [1.165, 1.54) is 94.2 Å². The van der Waals surface area contributed by atoms with Gasteiger partial charge in [-0.05, 0) is 120 Å². The minimum absolute atomic E-state index is 0.253. The molecule has 1 spiro atoms. The highest BCUT2D eigenvalue weighted by molar-refractivity contribution is 6.02. The zero-order valence-corrected chi connectivity index (χ0v) is 38.3. The first kappa shape index (κ1) is 43.5. The van der Waals surface area contributed by atoms with Gasteiger partial charge in [-0.15, -0.1) is 0 Å². The van der Waals surface area contributed by atoms with E-state index in [0.717, 1.165) is 30.5 Å². The van der Waals surface area contributed by atoms with Gasteiger partial charge in [0.2, 0.25) is 0 Å². The van der Waals surface area contributed by atoms with Gasteiger partial charge in [0.05, 0.1) is 5.41 Å². The van der Waals surface area contributed by atoms with Crippen LogP contribution >= 0.6 is 0 Å². The quantitative estimate of drug-likeness (QED) is 0.144. The van der Waals surface area contributed by atoms with Gasteiger partial charge in [-0.3, -0.25) is 0 Å². The van der Waals surface area contributed by atoms with Crippen molar-refractivity contribution in [2.75, 3.05) is 0 Å². The molecule has 0 radical (unpaired) electrons. The van der Waals surface area contributed by atoms with Gasteiger partial charge in [-0.1, -0.05) is 252 Å². The summed E-state index contributed by atoms with van der Waals surface area (Å²) in [5, 5.41) is 2.40. The van der Waals surface area contributed by atoms with Crippen molar-refractivity contribution in [3.8, 4) is 33.4 Å². The molecule has 8 aromatic rings. The van der Waals surface area contributed by atoms with Gasteiger partial charge in [0.1, 0.15) is 0 Å². The molecule has 11 rings (SSSR count). The first-order valence-corrected chi connectivity index (χ1v) is 23.5. The van der Waals surface area contributed by atoms with E-state index in [-0.39, 0.29) is 5.41 Å². The average Bonchev–Trinajstić information content (AvgIpc) is 4.07. The fourth-order valence-electron chi connectivity index (χ4n) is 10.2. The Kier molecular flexibility index (Phi) is 12.9. The summed E-state index contributed by atoms with van der Waals surface area (Å²) in [6.07, 6.45) is 19.6. The topological polar surface area (TPSA) is 26.0 Å². The van der Waals surface area contributed by atoms with Crippen molar-refractivity contribution >= 4 is 28.1 Å². The van der Waals surface area contributed by atoms with Crippen LogP contribution in [0.15, 0.2) is 237 Å². The van der Waals surface area contributed by atoms with Crippen LogP contribution in [0.25, 0.3) is 61.5 Å². The minimum atomic E-state index is -0.253. The Morgan fingerprint density at radius 2 is 1.26 bits per heavy atom. The SMILES string of the molecule is C=C/C=C\C=Cc1cccc(C/C=C(\N)c2cccc3ccccc23)c1.CC.CCc1ccc(-c2ccc3c(c2)C2(C4=CCC=C43)c3ccccc3-c3ccccc32)c(-c2ccccc2)c1. The average molecular weight is 852 g/mol. The maximum Gasteiger partial charge on any atom is 0.0722 e. The molecule has 0 fully saturated rings. The van der Waals surface area contributed by atoms with Crippen molar-refractivity contribution in [3.05, 3.63) is 281 Å². The standard InChI is InChI=1S/C38H28.C25H23N.C2H6/c1-2-25-19-21-28(33(23-25)26-11-4-3-5-12-26)27-20-22-32-31-15-10-18-36(31)38(37(32)24-27)34-16-8-6-13-29(34)30-14-7-9-17-35(30)38;1-2-3-4-5-10-20-11-8-12-21(19-20)17-18-25(26)24-16-9-14-22-13-6-7-15-23(22)24;1-2/h3-9,11-24H,2,10H2,1H3;2-16,18-19H,1,17,26H2;1-2H3/b;4-3-,10-5?,25-18-;. The van der Waals surface area contributed by atoms with Gasteiger partial charge in [0, 0.05) is 11.3 Å². The first-order chi connectivity index (χ1) is 32.6. The summed E-state index contributed by atoms with van der Waals surface area (Å²) in [6.45, 7) is 9.90. The predicted octanol–water partition coefficient (Wildman–Crippen LogP) is 16.8. The molecule has 0 atom stereocenters. The van der Waals surface area contributed by atoms with Crippen LogP contribution in [-0.2, 0) is 18.3 Å². The highest BCUT2D eigenvalue weighted by Gasteiger charge is 2.53. The number of hydrogen-bond donors (Lipinski definition) is 1. The van der Waals surface area contributed by atoms with Crippen LogP contribution in [0.2, 0.25) is 0 Å². The van der Waals surface area contributed by atoms with E-state index in [4.69, 9.17) is 5.73 Å². The molecule has 66 heavy (non-hydrogen) atoms. The van der Waals surface area contributed by atoms with E-state index >= 15 is 0 Å². The summed E-state index contributed by atoms with van der Waals surface area (Å²) in [4.78, 5) is 0. The molecule has 3 aliphatic rings. The van der Waals surface area contributed by atoms with Crippen molar-refractivity contribution in [1.82, 2.24) is 0 Å². The number of benzene rings is 8. The van der Waals surface area contributed by atoms with Crippen LogP contribution in [0.5, 0.6) is 0 Å². The van der Waals surface area contributed by atoms with E-state index in [1.54, 1.807) is 6.08 Å². The highest BCUT2D eigenvalue weighted by atomic mass is 14.6. The van der Waals surface area contributed by atoms with Crippen molar-refractivity contribution in [2.45, 2.75) is 45.4 Å². The first-order valence-electron chi connectivity index (χ1n) is 23.5. The summed E-state index contributed by atoms with van der Waals surface area (Å²) in [7, 11) is 0. The zero-order chi connectivity index (χ0) is 45.5. The van der Waals surface area contributed by atoms with Crippen LogP contribution in [-0.4, -0.2) is 0 Å². The third-order valence-electron chi connectivity index (χ3n) is 13.1. The van der Waals surface area contributed by atoms with Gasteiger partial charge < -0.3 is 5.73 Å². The molecule has 8 aromatic carbocycles. The Morgan fingerprint density at radius 1 is 0.561 bits per heavy atom. The maximum absolute atomic E-state index is 6.39. The Labute approximate surface area is 392 Å². The molecular weight excluding hydrogens is 795 g/mol. The second-order valence-corrected chi connectivity index (χ2v) is 16.8. The van der Waals surface area contributed by atoms with E-state index in [2.05, 4.69) is 220 Å². The number of allylic oxidation sites excluding steroid dienone is 9. The molecule has 0 unspecified atom stereocenters. The molecule has 3 aliphatic carbocycles. The summed E-state index contributed by atoms with van der Waals surface area (Å²) >= 11 is 0. The minimum Gasteiger partial charge on any atom is -0.398 e. The molecule has 0 aliphatic heterocycles. The lowest BCUT2D eigenvalue weighted by atomic mass is 9.70.